The van der Waals surface area contributed by atoms with E-state index >= 15 is 0 Å². The van der Waals surface area contributed by atoms with E-state index in [1.807, 2.05) is 27.7 Å². The first-order valence-electron chi connectivity index (χ1n) is 5.58. The highest BCUT2D eigenvalue weighted by Gasteiger charge is 2.44. The molecule has 0 aromatic carbocycles. The highest BCUT2D eigenvalue weighted by atomic mass is 28.4. The van der Waals surface area contributed by atoms with E-state index in [-0.39, 0.29) is 0 Å². The number of amides is 2. The predicted molar refractivity (Wildman–Crippen MR) is 66.0 cm³/mol. The Balaban J connectivity index is 0. The van der Waals surface area contributed by atoms with Gasteiger partial charge >= 0.3 is 15.1 Å². The Hall–Kier alpha value is -0.673. The van der Waals surface area contributed by atoms with Crippen LogP contribution in [-0.2, 0) is 17.7 Å². The number of nitrogens with two attached hydrogens (primary N) is 2. The summed E-state index contributed by atoms with van der Waals surface area (Å²) in [6.07, 6.45) is 0. The number of urea groups is 1. The molecule has 7 nitrogen and oxygen atoms in total. The zero-order valence-electron chi connectivity index (χ0n) is 11.0. The number of rotatable bonds is 8. The molecular formula is C9H24N2O5Si. The van der Waals surface area contributed by atoms with Gasteiger partial charge in [-0.15, -0.1) is 0 Å². The molecule has 4 N–H and O–H groups in total. The Morgan fingerprint density at radius 1 is 0.824 bits per heavy atom. The smallest absolute Gasteiger partial charge is 0.352 e. The summed E-state index contributed by atoms with van der Waals surface area (Å²) < 4.78 is 21.7. The molecule has 0 aliphatic heterocycles. The number of primary amides is 2. The first-order valence-corrected chi connectivity index (χ1v) is 7.21. The molecule has 104 valence electrons. The minimum atomic E-state index is -2.80. The molecule has 0 radical (unpaired) electrons. The van der Waals surface area contributed by atoms with Crippen molar-refractivity contribution in [3.05, 3.63) is 0 Å². The first kappa shape index (κ1) is 18.7. The van der Waals surface area contributed by atoms with E-state index in [0.717, 1.165) is 0 Å². The van der Waals surface area contributed by atoms with E-state index < -0.39 is 15.1 Å². The lowest BCUT2D eigenvalue weighted by molar-refractivity contribution is -0.0247. The van der Waals surface area contributed by atoms with Crippen LogP contribution in [-0.4, -0.2) is 41.5 Å². The van der Waals surface area contributed by atoms with Crippen LogP contribution in [0.15, 0.2) is 0 Å². The summed E-state index contributed by atoms with van der Waals surface area (Å²) in [5, 5.41) is 0. The van der Waals surface area contributed by atoms with Crippen LogP contribution in [0.5, 0.6) is 0 Å². The van der Waals surface area contributed by atoms with Gasteiger partial charge in [0.1, 0.15) is 0 Å². The molecule has 0 aromatic rings. The fourth-order valence-electron chi connectivity index (χ4n) is 0.957. The molecule has 0 atom stereocenters. The highest BCUT2D eigenvalue weighted by Crippen LogP contribution is 2.11. The Morgan fingerprint density at radius 3 is 1.12 bits per heavy atom. The third-order valence-electron chi connectivity index (χ3n) is 1.28. The average Bonchev–Trinajstić information content (AvgIpc) is 2.18. The van der Waals surface area contributed by atoms with E-state index in [4.69, 9.17) is 22.5 Å². The predicted octanol–water partition coefficient (Wildman–Crippen LogP) is 0.592. The second-order valence-electron chi connectivity index (χ2n) is 2.63. The summed E-state index contributed by atoms with van der Waals surface area (Å²) >= 11 is 0. The zero-order chi connectivity index (χ0) is 13.7. The van der Waals surface area contributed by atoms with Gasteiger partial charge in [-0.05, 0) is 27.7 Å². The van der Waals surface area contributed by atoms with Crippen molar-refractivity contribution < 1.29 is 22.5 Å². The van der Waals surface area contributed by atoms with Crippen molar-refractivity contribution >= 4 is 15.1 Å². The van der Waals surface area contributed by atoms with Gasteiger partial charge in [0.05, 0.1) is 0 Å². The lowest BCUT2D eigenvalue weighted by Gasteiger charge is -2.26. The second kappa shape index (κ2) is 11.8. The van der Waals surface area contributed by atoms with Crippen molar-refractivity contribution in [3.8, 4) is 0 Å². The molecular weight excluding hydrogens is 244 g/mol. The van der Waals surface area contributed by atoms with Crippen LogP contribution in [0.2, 0.25) is 0 Å². The standard InChI is InChI=1S/C8H20O4Si.CH4N2O/c1-5-9-13(10-6-2,11-7-3)12-8-4;2-1(3)4/h5-8H2,1-4H3;(H4,2,3,4). The fourth-order valence-corrected chi connectivity index (χ4v) is 2.87. The Labute approximate surface area is 104 Å². The summed E-state index contributed by atoms with van der Waals surface area (Å²) in [6, 6.07) is -0.833. The number of hydrogen-bond donors (Lipinski definition) is 2. The van der Waals surface area contributed by atoms with Crippen molar-refractivity contribution in [1.29, 1.82) is 0 Å². The van der Waals surface area contributed by atoms with Crippen LogP contribution < -0.4 is 11.5 Å². The molecule has 0 rings (SSSR count). The van der Waals surface area contributed by atoms with Crippen LogP contribution >= 0.6 is 0 Å². The molecule has 0 aliphatic rings. The maximum atomic E-state index is 9.00. The lowest BCUT2D eigenvalue weighted by atomic mass is 10.9. The first-order chi connectivity index (χ1) is 7.97. The lowest BCUT2D eigenvalue weighted by Crippen LogP contribution is -2.49. The molecule has 0 unspecified atom stereocenters. The van der Waals surface area contributed by atoms with E-state index in [1.54, 1.807) is 0 Å². The maximum Gasteiger partial charge on any atom is 0.679 e. The van der Waals surface area contributed by atoms with Gasteiger partial charge in [0.15, 0.2) is 0 Å². The third kappa shape index (κ3) is 11.6. The Kier molecular flexibility index (Phi) is 13.0. The van der Waals surface area contributed by atoms with Crippen LogP contribution in [0.1, 0.15) is 27.7 Å². The molecule has 8 heteroatoms. The van der Waals surface area contributed by atoms with E-state index in [0.29, 0.717) is 26.4 Å². The van der Waals surface area contributed by atoms with E-state index in [1.165, 1.54) is 0 Å². The monoisotopic (exact) mass is 268 g/mol. The van der Waals surface area contributed by atoms with Crippen molar-refractivity contribution in [3.63, 3.8) is 0 Å². The van der Waals surface area contributed by atoms with Crippen molar-refractivity contribution in [2.75, 3.05) is 26.4 Å². The maximum absolute atomic E-state index is 9.00. The van der Waals surface area contributed by atoms with Crippen molar-refractivity contribution in [2.24, 2.45) is 11.5 Å². The molecule has 0 fully saturated rings. The van der Waals surface area contributed by atoms with E-state index in [2.05, 4.69) is 11.5 Å². The SMILES string of the molecule is CCO[Si](OCC)(OCC)OCC.NC(N)=O. The topological polar surface area (TPSA) is 106 Å². The average molecular weight is 268 g/mol. The Bertz CT molecular complexity index is 161. The number of carbonyl (C=O) groups excluding carboxylic acids is 1. The molecule has 0 saturated carbocycles. The molecule has 0 bridgehead atoms. The molecule has 0 saturated heterocycles. The van der Waals surface area contributed by atoms with Crippen LogP contribution in [0.4, 0.5) is 4.79 Å². The van der Waals surface area contributed by atoms with Gasteiger partial charge < -0.3 is 29.2 Å². The van der Waals surface area contributed by atoms with Crippen molar-refractivity contribution in [2.45, 2.75) is 27.7 Å². The minimum absolute atomic E-state index is 0.548. The Morgan fingerprint density at radius 2 is 1.00 bits per heavy atom. The van der Waals surface area contributed by atoms with Crippen LogP contribution in [0, 0.1) is 0 Å². The van der Waals surface area contributed by atoms with Gasteiger partial charge in [-0.2, -0.15) is 0 Å². The molecule has 17 heavy (non-hydrogen) atoms. The number of hydrogen-bond acceptors (Lipinski definition) is 5. The van der Waals surface area contributed by atoms with Gasteiger partial charge in [0.25, 0.3) is 0 Å². The summed E-state index contributed by atoms with van der Waals surface area (Å²) in [7, 11) is -2.80. The summed E-state index contributed by atoms with van der Waals surface area (Å²) in [6.45, 7) is 9.80. The van der Waals surface area contributed by atoms with Gasteiger partial charge in [-0.25, -0.2) is 4.79 Å². The second-order valence-corrected chi connectivity index (χ2v) is 4.79. The van der Waals surface area contributed by atoms with Gasteiger partial charge in [0, 0.05) is 26.4 Å². The molecule has 0 spiro atoms. The normalized spacial score (nSPS) is 10.6. The molecule has 0 aliphatic carbocycles. The summed E-state index contributed by atoms with van der Waals surface area (Å²) in [5.41, 5.74) is 8.50. The molecule has 0 heterocycles. The summed E-state index contributed by atoms with van der Waals surface area (Å²) in [4.78, 5) is 9.00. The summed E-state index contributed by atoms with van der Waals surface area (Å²) in [5.74, 6) is 0. The van der Waals surface area contributed by atoms with Crippen LogP contribution in [0.25, 0.3) is 0 Å². The van der Waals surface area contributed by atoms with Crippen molar-refractivity contribution in [1.82, 2.24) is 0 Å². The largest absolute Gasteiger partial charge is 0.679 e. The van der Waals surface area contributed by atoms with Gasteiger partial charge in [0.2, 0.25) is 0 Å². The third-order valence-corrected chi connectivity index (χ3v) is 3.85. The zero-order valence-corrected chi connectivity index (χ0v) is 12.0. The molecule has 2 amide bonds. The quantitative estimate of drug-likeness (QED) is 0.627. The highest BCUT2D eigenvalue weighted by molar-refractivity contribution is 6.53. The van der Waals surface area contributed by atoms with Gasteiger partial charge in [-0.1, -0.05) is 0 Å². The van der Waals surface area contributed by atoms with E-state index in [9.17, 15) is 0 Å². The van der Waals surface area contributed by atoms with Crippen LogP contribution in [0.3, 0.4) is 0 Å². The minimum Gasteiger partial charge on any atom is -0.352 e. The molecule has 0 aromatic heterocycles. The number of carbonyl (C=O) groups is 1. The van der Waals surface area contributed by atoms with Gasteiger partial charge in [-0.3, -0.25) is 0 Å². The fraction of sp³-hybridized carbons (Fsp3) is 0.889.